The molecule has 1 aliphatic rings. The summed E-state index contributed by atoms with van der Waals surface area (Å²) in [4.78, 5) is 20.3. The van der Waals surface area contributed by atoms with E-state index in [9.17, 15) is 4.79 Å². The largest absolute Gasteiger partial charge is 0.298 e. The van der Waals surface area contributed by atoms with Crippen molar-refractivity contribution in [2.45, 2.75) is 64.2 Å². The van der Waals surface area contributed by atoms with Gasteiger partial charge in [-0.1, -0.05) is 39.8 Å². The zero-order valence-corrected chi connectivity index (χ0v) is 15.1. The molecule has 1 aliphatic carbocycles. The lowest BCUT2D eigenvalue weighted by molar-refractivity contribution is 0.112. The summed E-state index contributed by atoms with van der Waals surface area (Å²) < 4.78 is 0. The Labute approximate surface area is 144 Å². The molecule has 3 rings (SSSR count). The number of rotatable bonds is 4. The highest BCUT2D eigenvalue weighted by molar-refractivity contribution is 5.79. The minimum atomic E-state index is 0.0940. The molecule has 1 aromatic heterocycles. The maximum Gasteiger partial charge on any atom is 0.150 e. The van der Waals surface area contributed by atoms with E-state index in [0.717, 1.165) is 36.9 Å². The molecule has 0 amide bonds. The molecule has 0 unspecified atom stereocenters. The van der Waals surface area contributed by atoms with Crippen molar-refractivity contribution in [2.24, 2.45) is 0 Å². The third kappa shape index (κ3) is 3.00. The fourth-order valence-corrected chi connectivity index (χ4v) is 3.96. The van der Waals surface area contributed by atoms with Gasteiger partial charge in [0.05, 0.1) is 0 Å². The predicted octanol–water partition coefficient (Wildman–Crippen LogP) is 4.42. The van der Waals surface area contributed by atoms with Crippen LogP contribution < -0.4 is 0 Å². The lowest BCUT2D eigenvalue weighted by atomic mass is 9.61. The van der Waals surface area contributed by atoms with Crippen LogP contribution in [0.15, 0.2) is 30.6 Å². The number of hydrogen-bond donors (Lipinski definition) is 0. The van der Waals surface area contributed by atoms with Gasteiger partial charge in [-0.15, -0.1) is 0 Å². The number of hydrogen-bond acceptors (Lipinski definition) is 3. The van der Waals surface area contributed by atoms with Crippen LogP contribution in [0.3, 0.4) is 0 Å². The van der Waals surface area contributed by atoms with Crippen LogP contribution in [0.4, 0.5) is 0 Å². The number of nitrogens with zero attached hydrogens (tertiary/aromatic N) is 2. The van der Waals surface area contributed by atoms with E-state index in [-0.39, 0.29) is 10.8 Å². The summed E-state index contributed by atoms with van der Waals surface area (Å²) in [7, 11) is 0. The van der Waals surface area contributed by atoms with Gasteiger partial charge in [-0.2, -0.15) is 0 Å². The van der Waals surface area contributed by atoms with Crippen molar-refractivity contribution in [3.05, 3.63) is 58.7 Å². The number of aryl methyl sites for hydroxylation is 1. The highest BCUT2D eigenvalue weighted by atomic mass is 16.1. The topological polar surface area (TPSA) is 42.9 Å². The smallest absolute Gasteiger partial charge is 0.150 e. The molecular weight excluding hydrogens is 296 g/mol. The van der Waals surface area contributed by atoms with E-state index in [1.165, 1.54) is 23.1 Å². The first kappa shape index (κ1) is 16.8. The van der Waals surface area contributed by atoms with Gasteiger partial charge in [0.25, 0.3) is 0 Å². The van der Waals surface area contributed by atoms with Gasteiger partial charge in [-0.3, -0.25) is 4.79 Å². The monoisotopic (exact) mass is 322 g/mol. The van der Waals surface area contributed by atoms with Crippen LogP contribution in [0.2, 0.25) is 0 Å². The first-order valence-corrected chi connectivity index (χ1v) is 8.73. The fraction of sp³-hybridized carbons (Fsp3) is 0.476. The van der Waals surface area contributed by atoms with E-state index in [1.54, 1.807) is 12.4 Å². The highest BCUT2D eigenvalue weighted by Gasteiger charge is 2.39. The summed E-state index contributed by atoms with van der Waals surface area (Å²) in [5, 5.41) is 0. The summed E-state index contributed by atoms with van der Waals surface area (Å²) in [6.45, 7) is 9.23. The van der Waals surface area contributed by atoms with E-state index < -0.39 is 0 Å². The van der Waals surface area contributed by atoms with Crippen molar-refractivity contribution in [3.63, 3.8) is 0 Å². The molecule has 126 valence electrons. The SMILES string of the molecule is CC1(C)CCC(C)(C)c2c1ccc(C=O)c2CCc1ncccn1. The quantitative estimate of drug-likeness (QED) is 0.782. The summed E-state index contributed by atoms with van der Waals surface area (Å²) in [5.74, 6) is 0.833. The predicted molar refractivity (Wildman–Crippen MR) is 96.6 cm³/mol. The number of carbonyl (C=O) groups excluding carboxylic acids is 1. The zero-order chi connectivity index (χ0) is 17.4. The summed E-state index contributed by atoms with van der Waals surface area (Å²) in [6.07, 6.45) is 8.43. The second kappa shape index (κ2) is 6.12. The Morgan fingerprint density at radius 1 is 1.00 bits per heavy atom. The summed E-state index contributed by atoms with van der Waals surface area (Å²) in [5.41, 5.74) is 5.02. The molecular formula is C21H26N2O. The Kier molecular flexibility index (Phi) is 4.29. The number of benzene rings is 1. The first-order chi connectivity index (χ1) is 11.3. The third-order valence-electron chi connectivity index (χ3n) is 5.47. The highest BCUT2D eigenvalue weighted by Crippen LogP contribution is 2.47. The molecule has 0 N–H and O–H groups in total. The van der Waals surface area contributed by atoms with Crippen LogP contribution in [0.25, 0.3) is 0 Å². The number of fused-ring (bicyclic) bond motifs is 1. The molecule has 2 aromatic rings. The van der Waals surface area contributed by atoms with Gasteiger partial charge < -0.3 is 0 Å². The second-order valence-corrected chi connectivity index (χ2v) is 8.11. The Bertz CT molecular complexity index is 748. The fourth-order valence-electron chi connectivity index (χ4n) is 3.96. The van der Waals surface area contributed by atoms with Crippen LogP contribution in [-0.4, -0.2) is 16.3 Å². The van der Waals surface area contributed by atoms with Crippen molar-refractivity contribution in [3.8, 4) is 0 Å². The molecule has 0 aliphatic heterocycles. The van der Waals surface area contributed by atoms with Crippen molar-refractivity contribution in [1.82, 2.24) is 9.97 Å². The molecule has 3 heteroatoms. The molecule has 0 radical (unpaired) electrons. The van der Waals surface area contributed by atoms with Gasteiger partial charge in [-0.05, 0) is 52.8 Å². The normalized spacial score (nSPS) is 18.0. The summed E-state index contributed by atoms with van der Waals surface area (Å²) >= 11 is 0. The number of carbonyl (C=O) groups is 1. The molecule has 0 fully saturated rings. The van der Waals surface area contributed by atoms with E-state index in [4.69, 9.17) is 0 Å². The van der Waals surface area contributed by atoms with E-state index in [0.29, 0.717) is 0 Å². The Morgan fingerprint density at radius 2 is 1.67 bits per heavy atom. The molecule has 24 heavy (non-hydrogen) atoms. The van der Waals surface area contributed by atoms with Crippen molar-refractivity contribution >= 4 is 6.29 Å². The van der Waals surface area contributed by atoms with Crippen LogP contribution >= 0.6 is 0 Å². The van der Waals surface area contributed by atoms with E-state index in [2.05, 4.69) is 43.7 Å². The van der Waals surface area contributed by atoms with Crippen molar-refractivity contribution < 1.29 is 4.79 Å². The van der Waals surface area contributed by atoms with E-state index in [1.807, 2.05) is 12.1 Å². The van der Waals surface area contributed by atoms with Gasteiger partial charge in [0, 0.05) is 24.4 Å². The van der Waals surface area contributed by atoms with Crippen LogP contribution in [0, 0.1) is 0 Å². The maximum atomic E-state index is 11.7. The van der Waals surface area contributed by atoms with Crippen LogP contribution in [0.5, 0.6) is 0 Å². The van der Waals surface area contributed by atoms with Gasteiger partial charge in [0.1, 0.15) is 12.1 Å². The van der Waals surface area contributed by atoms with Gasteiger partial charge in [0.2, 0.25) is 0 Å². The molecule has 0 spiro atoms. The first-order valence-electron chi connectivity index (χ1n) is 8.73. The van der Waals surface area contributed by atoms with Crippen molar-refractivity contribution in [1.29, 1.82) is 0 Å². The van der Waals surface area contributed by atoms with Crippen LogP contribution in [-0.2, 0) is 23.7 Å². The Balaban J connectivity index is 2.08. The molecule has 0 saturated heterocycles. The standard InChI is InChI=1S/C21H26N2O/c1-20(2)10-11-21(3,4)19-16(15(14-24)6-8-17(19)20)7-9-18-22-12-5-13-23-18/h5-6,8,12-14H,7,9-11H2,1-4H3. The number of aromatic nitrogens is 2. The van der Waals surface area contributed by atoms with E-state index >= 15 is 0 Å². The lowest BCUT2D eigenvalue weighted by Gasteiger charge is -2.43. The van der Waals surface area contributed by atoms with Crippen LogP contribution in [0.1, 0.15) is 73.4 Å². The second-order valence-electron chi connectivity index (χ2n) is 8.11. The average molecular weight is 322 g/mol. The van der Waals surface area contributed by atoms with Gasteiger partial charge in [0.15, 0.2) is 0 Å². The Morgan fingerprint density at radius 3 is 2.33 bits per heavy atom. The summed E-state index contributed by atoms with van der Waals surface area (Å²) in [6, 6.07) is 6.00. The minimum absolute atomic E-state index is 0.0940. The minimum Gasteiger partial charge on any atom is -0.298 e. The Hall–Kier alpha value is -2.03. The third-order valence-corrected chi connectivity index (χ3v) is 5.47. The molecule has 1 heterocycles. The molecule has 0 atom stereocenters. The van der Waals surface area contributed by atoms with Crippen molar-refractivity contribution in [2.75, 3.05) is 0 Å². The lowest BCUT2D eigenvalue weighted by Crippen LogP contribution is -2.35. The van der Waals surface area contributed by atoms with Gasteiger partial charge in [-0.25, -0.2) is 9.97 Å². The molecule has 0 saturated carbocycles. The molecule has 0 bridgehead atoms. The maximum absolute atomic E-state index is 11.7. The zero-order valence-electron chi connectivity index (χ0n) is 15.1. The average Bonchev–Trinajstić information content (AvgIpc) is 2.57. The molecule has 3 nitrogen and oxygen atoms in total. The number of aldehydes is 1. The van der Waals surface area contributed by atoms with Gasteiger partial charge >= 0.3 is 0 Å². The molecule has 1 aromatic carbocycles.